The topological polar surface area (TPSA) is 53.1 Å². The minimum Gasteiger partial charge on any atom is -0.491 e. The Morgan fingerprint density at radius 2 is 1.77 bits per heavy atom. The van der Waals surface area contributed by atoms with E-state index in [1.165, 1.54) is 10.5 Å². The lowest BCUT2D eigenvalue weighted by Crippen LogP contribution is -2.58. The number of ether oxygens (including phenoxy) is 1. The number of hydrogen-bond acceptors (Lipinski definition) is 4. The second-order valence-corrected chi connectivity index (χ2v) is 10.9. The molecule has 188 valence electrons. The monoisotopic (exact) mass is 541 g/mol. The normalized spacial score (nSPS) is 20.1. The number of rotatable bonds is 8. The molecule has 0 radical (unpaired) electrons. The Balaban J connectivity index is 1.28. The van der Waals surface area contributed by atoms with E-state index in [-0.39, 0.29) is 24.1 Å². The Morgan fingerprint density at radius 3 is 2.46 bits per heavy atom. The van der Waals surface area contributed by atoms with Crippen LogP contribution in [0.1, 0.15) is 44.2 Å². The van der Waals surface area contributed by atoms with Crippen molar-refractivity contribution in [2.75, 3.05) is 26.7 Å². The van der Waals surface area contributed by atoms with Gasteiger partial charge in [-0.25, -0.2) is 4.79 Å². The van der Waals surface area contributed by atoms with Crippen molar-refractivity contribution in [2.45, 2.75) is 58.2 Å². The predicted molar refractivity (Wildman–Crippen MR) is 141 cm³/mol. The van der Waals surface area contributed by atoms with Gasteiger partial charge in [-0.2, -0.15) is 0 Å². The van der Waals surface area contributed by atoms with Crippen molar-refractivity contribution in [3.63, 3.8) is 0 Å². The second-order valence-electron chi connectivity index (χ2n) is 10.1. The molecule has 7 heteroatoms. The zero-order valence-corrected chi connectivity index (χ0v) is 22.5. The van der Waals surface area contributed by atoms with Crippen molar-refractivity contribution >= 4 is 27.9 Å². The summed E-state index contributed by atoms with van der Waals surface area (Å²) in [6.07, 6.45) is 3.79. The van der Waals surface area contributed by atoms with Gasteiger partial charge in [-0.3, -0.25) is 9.69 Å². The van der Waals surface area contributed by atoms with Gasteiger partial charge in [0, 0.05) is 24.5 Å². The van der Waals surface area contributed by atoms with E-state index < -0.39 is 0 Å². The minimum atomic E-state index is -0.196. The Hall–Kier alpha value is -2.38. The molecule has 1 unspecified atom stereocenters. The van der Waals surface area contributed by atoms with Gasteiger partial charge in [-0.05, 0) is 81.4 Å². The fourth-order valence-corrected chi connectivity index (χ4v) is 5.45. The zero-order chi connectivity index (χ0) is 24.9. The molecule has 4 rings (SSSR count). The maximum atomic E-state index is 13.0. The third kappa shape index (κ3) is 6.64. The Kier molecular flexibility index (Phi) is 8.50. The van der Waals surface area contributed by atoms with Crippen LogP contribution in [0.3, 0.4) is 0 Å². The molecule has 2 aromatic carbocycles. The first-order valence-electron chi connectivity index (χ1n) is 12.6. The number of imide groups is 1. The van der Waals surface area contributed by atoms with Gasteiger partial charge in [0.2, 0.25) is 5.91 Å². The number of carbonyl (C=O) groups excluding carboxylic acids is 2. The van der Waals surface area contributed by atoms with E-state index in [9.17, 15) is 9.59 Å². The highest BCUT2D eigenvalue weighted by Gasteiger charge is 2.37. The van der Waals surface area contributed by atoms with Gasteiger partial charge in [0.25, 0.3) is 0 Å². The highest BCUT2D eigenvalue weighted by molar-refractivity contribution is 9.10. The van der Waals surface area contributed by atoms with Crippen molar-refractivity contribution in [2.24, 2.45) is 5.92 Å². The number of piperidine rings is 1. The lowest BCUT2D eigenvalue weighted by molar-refractivity contribution is -0.133. The van der Waals surface area contributed by atoms with E-state index in [2.05, 4.69) is 33.0 Å². The van der Waals surface area contributed by atoms with E-state index >= 15 is 0 Å². The fraction of sp³-hybridized carbons (Fsp3) is 0.500. The summed E-state index contributed by atoms with van der Waals surface area (Å²) in [4.78, 5) is 31.4. The quantitative estimate of drug-likeness (QED) is 0.452. The standard InChI is InChI=1S/C28H36BrN3O3/c1-20(2)35-25-9-10-26(29)23(16-25)15-21-11-13-31(14-12-21)19-24-17-27(33)32(28(34)30(24)3)18-22-7-5-4-6-8-22/h4-10,16,20-21,24H,11-15,17-19H2,1-3H3. The van der Waals surface area contributed by atoms with Gasteiger partial charge >= 0.3 is 6.03 Å². The third-order valence-electron chi connectivity index (χ3n) is 7.05. The Morgan fingerprint density at radius 1 is 1.06 bits per heavy atom. The zero-order valence-electron chi connectivity index (χ0n) is 21.0. The molecule has 0 aliphatic carbocycles. The van der Waals surface area contributed by atoms with Crippen LogP contribution in [0.4, 0.5) is 4.79 Å². The molecule has 2 aromatic rings. The molecule has 3 amide bonds. The molecular formula is C28H36BrN3O3. The minimum absolute atomic E-state index is 0.0717. The number of nitrogens with zero attached hydrogens (tertiary/aromatic N) is 3. The molecular weight excluding hydrogens is 506 g/mol. The number of carbonyl (C=O) groups is 2. The molecule has 2 fully saturated rings. The van der Waals surface area contributed by atoms with Gasteiger partial charge in [0.1, 0.15) is 5.75 Å². The summed E-state index contributed by atoms with van der Waals surface area (Å²) in [5, 5.41) is 0. The summed E-state index contributed by atoms with van der Waals surface area (Å²) < 4.78 is 7.01. The summed E-state index contributed by atoms with van der Waals surface area (Å²) in [5.74, 6) is 1.46. The van der Waals surface area contributed by atoms with Crippen LogP contribution >= 0.6 is 15.9 Å². The van der Waals surface area contributed by atoms with Crippen molar-refractivity contribution in [1.29, 1.82) is 0 Å². The van der Waals surface area contributed by atoms with E-state index in [1.807, 2.05) is 57.3 Å². The van der Waals surface area contributed by atoms with Crippen LogP contribution in [0.25, 0.3) is 0 Å². The highest BCUT2D eigenvalue weighted by atomic mass is 79.9. The van der Waals surface area contributed by atoms with Crippen molar-refractivity contribution in [3.8, 4) is 5.75 Å². The maximum Gasteiger partial charge on any atom is 0.327 e. The summed E-state index contributed by atoms with van der Waals surface area (Å²) >= 11 is 3.71. The fourth-order valence-electron chi connectivity index (χ4n) is 5.05. The number of amides is 3. The van der Waals surface area contributed by atoms with Crippen LogP contribution in [0.15, 0.2) is 53.0 Å². The Bertz CT molecular complexity index is 1020. The molecule has 2 saturated heterocycles. The van der Waals surface area contributed by atoms with Crippen molar-refractivity contribution in [1.82, 2.24) is 14.7 Å². The molecule has 0 aromatic heterocycles. The van der Waals surface area contributed by atoms with E-state index in [1.54, 1.807) is 4.90 Å². The number of hydrogen-bond donors (Lipinski definition) is 0. The van der Waals surface area contributed by atoms with Gasteiger partial charge in [-0.1, -0.05) is 46.3 Å². The van der Waals surface area contributed by atoms with Crippen LogP contribution in [-0.4, -0.2) is 65.5 Å². The van der Waals surface area contributed by atoms with Gasteiger partial charge in [0.15, 0.2) is 0 Å². The summed E-state index contributed by atoms with van der Waals surface area (Å²) in [5.41, 5.74) is 2.26. The molecule has 0 N–H and O–H groups in total. The van der Waals surface area contributed by atoms with E-state index in [0.717, 1.165) is 54.7 Å². The summed E-state index contributed by atoms with van der Waals surface area (Å²) in [7, 11) is 1.83. The first-order chi connectivity index (χ1) is 16.8. The molecule has 35 heavy (non-hydrogen) atoms. The van der Waals surface area contributed by atoms with Crippen LogP contribution in [0.2, 0.25) is 0 Å². The third-order valence-corrected chi connectivity index (χ3v) is 7.82. The average molecular weight is 543 g/mol. The average Bonchev–Trinajstić information content (AvgIpc) is 2.84. The predicted octanol–water partition coefficient (Wildman–Crippen LogP) is 5.34. The summed E-state index contributed by atoms with van der Waals surface area (Å²) in [6.45, 7) is 7.16. The van der Waals surface area contributed by atoms with Gasteiger partial charge in [-0.15, -0.1) is 0 Å². The maximum absolute atomic E-state index is 13.0. The van der Waals surface area contributed by atoms with Crippen molar-refractivity contribution < 1.29 is 14.3 Å². The first kappa shape index (κ1) is 25.7. The molecule has 0 spiro atoms. The lowest BCUT2D eigenvalue weighted by atomic mass is 9.89. The van der Waals surface area contributed by atoms with Crippen LogP contribution in [0, 0.1) is 5.92 Å². The van der Waals surface area contributed by atoms with E-state index in [0.29, 0.717) is 18.9 Å². The number of likely N-dealkylation sites (N-methyl/N-ethyl adjacent to an activating group) is 1. The van der Waals surface area contributed by atoms with Gasteiger partial charge < -0.3 is 14.5 Å². The smallest absolute Gasteiger partial charge is 0.327 e. The highest BCUT2D eigenvalue weighted by Crippen LogP contribution is 2.30. The molecule has 2 heterocycles. The van der Waals surface area contributed by atoms with Crippen LogP contribution in [-0.2, 0) is 17.8 Å². The van der Waals surface area contributed by atoms with Crippen LogP contribution < -0.4 is 4.74 Å². The van der Waals surface area contributed by atoms with E-state index in [4.69, 9.17) is 4.74 Å². The number of benzene rings is 2. The molecule has 0 saturated carbocycles. The van der Waals surface area contributed by atoms with Gasteiger partial charge in [0.05, 0.1) is 18.7 Å². The molecule has 1 atom stereocenters. The number of likely N-dealkylation sites (tertiary alicyclic amines) is 1. The number of halogens is 1. The molecule has 6 nitrogen and oxygen atoms in total. The van der Waals surface area contributed by atoms with Crippen LogP contribution in [0.5, 0.6) is 5.75 Å². The second kappa shape index (κ2) is 11.6. The largest absolute Gasteiger partial charge is 0.491 e. The molecule has 2 aliphatic heterocycles. The lowest BCUT2D eigenvalue weighted by Gasteiger charge is -2.41. The van der Waals surface area contributed by atoms with Crippen molar-refractivity contribution in [3.05, 3.63) is 64.1 Å². The Labute approximate surface area is 217 Å². The molecule has 0 bridgehead atoms. The summed E-state index contributed by atoms with van der Waals surface area (Å²) in [6, 6.07) is 15.7. The molecule has 2 aliphatic rings. The number of urea groups is 1. The first-order valence-corrected chi connectivity index (χ1v) is 13.4. The SMILES string of the molecule is CC(C)Oc1ccc(Br)c(CC2CCN(CC3CC(=O)N(Cc4ccccc4)C(=O)N3C)CC2)c1.